The first-order chi connectivity index (χ1) is 13.0. The summed E-state index contributed by atoms with van der Waals surface area (Å²) in [5, 5.41) is 0.511. The number of hydrogen-bond donors (Lipinski definition) is 1. The number of imidazole rings is 1. The van der Waals surface area contributed by atoms with Crippen LogP contribution in [0.15, 0.2) is 79.1 Å². The highest BCUT2D eigenvalue weighted by molar-refractivity contribution is 7.91. The predicted molar refractivity (Wildman–Crippen MR) is 108 cm³/mol. The van der Waals surface area contributed by atoms with Crippen molar-refractivity contribution in [3.05, 3.63) is 89.7 Å². The van der Waals surface area contributed by atoms with E-state index >= 15 is 0 Å². The van der Waals surface area contributed by atoms with Crippen molar-refractivity contribution in [3.8, 4) is 11.3 Å². The van der Waals surface area contributed by atoms with Gasteiger partial charge in [-0.1, -0.05) is 41.9 Å². The molecule has 0 saturated heterocycles. The van der Waals surface area contributed by atoms with Gasteiger partial charge in [-0.2, -0.15) is 0 Å². The summed E-state index contributed by atoms with van der Waals surface area (Å²) in [4.78, 5) is 4.57. The molecule has 0 aliphatic carbocycles. The standard InChI is InChI=1S/C20H16ClN3O2S/c21-17-7-3-5-15(11-17)14-27(25,26)23-18-8-4-6-16(12-18)19-13-24-10-2-1-9-20(24)22-19/h1-13,23H,14H2. The lowest BCUT2D eigenvalue weighted by Gasteiger charge is -2.09. The third-order valence-electron chi connectivity index (χ3n) is 4.04. The largest absolute Gasteiger partial charge is 0.306 e. The molecule has 0 atom stereocenters. The van der Waals surface area contributed by atoms with Gasteiger partial charge >= 0.3 is 0 Å². The Morgan fingerprint density at radius 2 is 1.85 bits per heavy atom. The van der Waals surface area contributed by atoms with Crippen molar-refractivity contribution >= 4 is 33.0 Å². The first-order valence-electron chi connectivity index (χ1n) is 8.28. The summed E-state index contributed by atoms with van der Waals surface area (Å²) >= 11 is 5.93. The zero-order valence-electron chi connectivity index (χ0n) is 14.2. The maximum atomic E-state index is 12.5. The molecule has 5 nitrogen and oxygen atoms in total. The van der Waals surface area contributed by atoms with E-state index in [-0.39, 0.29) is 5.75 Å². The Kier molecular flexibility index (Phi) is 4.59. The highest BCUT2D eigenvalue weighted by Crippen LogP contribution is 2.23. The van der Waals surface area contributed by atoms with Crippen LogP contribution in [-0.4, -0.2) is 17.8 Å². The fourth-order valence-corrected chi connectivity index (χ4v) is 4.27. The van der Waals surface area contributed by atoms with Gasteiger partial charge in [-0.25, -0.2) is 13.4 Å². The summed E-state index contributed by atoms with van der Waals surface area (Å²) in [7, 11) is -3.56. The van der Waals surface area contributed by atoms with Crippen LogP contribution in [0.4, 0.5) is 5.69 Å². The minimum absolute atomic E-state index is 0.147. The monoisotopic (exact) mass is 397 g/mol. The van der Waals surface area contributed by atoms with Gasteiger partial charge in [-0.3, -0.25) is 4.72 Å². The molecular weight excluding hydrogens is 382 g/mol. The third kappa shape index (κ3) is 4.13. The molecule has 1 N–H and O–H groups in total. The number of nitrogens with zero attached hydrogens (tertiary/aromatic N) is 2. The van der Waals surface area contributed by atoms with E-state index in [1.54, 1.807) is 42.5 Å². The summed E-state index contributed by atoms with van der Waals surface area (Å²) in [5.41, 5.74) is 3.57. The molecule has 0 amide bonds. The van der Waals surface area contributed by atoms with Crippen molar-refractivity contribution in [3.63, 3.8) is 0 Å². The minimum atomic E-state index is -3.56. The Labute approximate surface area is 162 Å². The molecule has 0 unspecified atom stereocenters. The van der Waals surface area contributed by atoms with Gasteiger partial charge in [-0.15, -0.1) is 0 Å². The third-order valence-corrected chi connectivity index (χ3v) is 5.54. The summed E-state index contributed by atoms with van der Waals surface area (Å²) < 4.78 is 29.5. The van der Waals surface area contributed by atoms with Gasteiger partial charge in [-0.05, 0) is 42.0 Å². The first kappa shape index (κ1) is 17.6. The van der Waals surface area contributed by atoms with Crippen LogP contribution in [0, 0.1) is 0 Å². The highest BCUT2D eigenvalue weighted by atomic mass is 35.5. The van der Waals surface area contributed by atoms with Gasteiger partial charge in [0.15, 0.2) is 0 Å². The van der Waals surface area contributed by atoms with Crippen LogP contribution in [0.2, 0.25) is 5.02 Å². The Balaban J connectivity index is 1.58. The minimum Gasteiger partial charge on any atom is -0.306 e. The maximum absolute atomic E-state index is 12.5. The number of fused-ring (bicyclic) bond motifs is 1. The average Bonchev–Trinajstić information content (AvgIpc) is 3.05. The Morgan fingerprint density at radius 1 is 1.00 bits per heavy atom. The zero-order chi connectivity index (χ0) is 18.9. The molecule has 2 aromatic carbocycles. The number of aromatic nitrogens is 2. The number of hydrogen-bond acceptors (Lipinski definition) is 3. The number of halogens is 1. The number of anilines is 1. The van der Waals surface area contributed by atoms with Gasteiger partial charge in [0, 0.05) is 28.7 Å². The summed E-state index contributed by atoms with van der Waals surface area (Å²) in [5.74, 6) is -0.147. The lowest BCUT2D eigenvalue weighted by atomic mass is 10.1. The first-order valence-corrected chi connectivity index (χ1v) is 10.3. The molecule has 0 radical (unpaired) electrons. The Bertz CT molecular complexity index is 1190. The van der Waals surface area contributed by atoms with E-state index in [4.69, 9.17) is 11.6 Å². The van der Waals surface area contributed by atoms with E-state index in [0.717, 1.165) is 16.9 Å². The molecule has 4 aromatic rings. The quantitative estimate of drug-likeness (QED) is 0.535. The van der Waals surface area contributed by atoms with Crippen molar-refractivity contribution in [1.82, 2.24) is 9.38 Å². The van der Waals surface area contributed by atoms with E-state index in [1.807, 2.05) is 41.1 Å². The lowest BCUT2D eigenvalue weighted by molar-refractivity contribution is 0.600. The summed E-state index contributed by atoms with van der Waals surface area (Å²) in [6.07, 6.45) is 3.83. The van der Waals surface area contributed by atoms with Crippen LogP contribution in [0.5, 0.6) is 0 Å². The van der Waals surface area contributed by atoms with Crippen molar-refractivity contribution in [2.75, 3.05) is 4.72 Å². The van der Waals surface area contributed by atoms with Crippen LogP contribution in [-0.2, 0) is 15.8 Å². The van der Waals surface area contributed by atoms with Crippen molar-refractivity contribution in [2.45, 2.75) is 5.75 Å². The second kappa shape index (κ2) is 7.06. The summed E-state index contributed by atoms with van der Waals surface area (Å²) in [6.45, 7) is 0. The lowest BCUT2D eigenvalue weighted by Crippen LogP contribution is -2.15. The second-order valence-corrected chi connectivity index (χ2v) is 8.32. The molecule has 7 heteroatoms. The van der Waals surface area contributed by atoms with Crippen LogP contribution in [0.3, 0.4) is 0 Å². The van der Waals surface area contributed by atoms with Crippen LogP contribution >= 0.6 is 11.6 Å². The molecule has 27 heavy (non-hydrogen) atoms. The van der Waals surface area contributed by atoms with Crippen LogP contribution in [0.25, 0.3) is 16.9 Å². The fourth-order valence-electron chi connectivity index (χ4n) is 2.88. The fraction of sp³-hybridized carbons (Fsp3) is 0.0500. The molecule has 0 saturated carbocycles. The predicted octanol–water partition coefficient (Wildman–Crippen LogP) is 4.60. The van der Waals surface area contributed by atoms with E-state index in [0.29, 0.717) is 16.3 Å². The molecule has 0 fully saturated rings. The van der Waals surface area contributed by atoms with E-state index in [9.17, 15) is 8.42 Å². The Morgan fingerprint density at radius 3 is 2.67 bits per heavy atom. The molecule has 136 valence electrons. The topological polar surface area (TPSA) is 63.5 Å². The number of sulfonamides is 1. The molecule has 4 rings (SSSR count). The zero-order valence-corrected chi connectivity index (χ0v) is 15.8. The number of rotatable bonds is 5. The molecule has 0 aliphatic rings. The van der Waals surface area contributed by atoms with Crippen LogP contribution in [0.1, 0.15) is 5.56 Å². The number of nitrogens with one attached hydrogen (secondary N) is 1. The van der Waals surface area contributed by atoms with Gasteiger partial charge in [0.2, 0.25) is 10.0 Å². The van der Waals surface area contributed by atoms with Gasteiger partial charge in [0.25, 0.3) is 0 Å². The molecule has 2 aromatic heterocycles. The molecule has 2 heterocycles. The summed E-state index contributed by atoms with van der Waals surface area (Å²) in [6, 6.07) is 19.8. The highest BCUT2D eigenvalue weighted by Gasteiger charge is 2.13. The van der Waals surface area contributed by atoms with Gasteiger partial charge < -0.3 is 4.40 Å². The van der Waals surface area contributed by atoms with Crippen molar-refractivity contribution < 1.29 is 8.42 Å². The number of pyridine rings is 1. The normalized spacial score (nSPS) is 11.6. The molecule has 0 aliphatic heterocycles. The van der Waals surface area contributed by atoms with E-state index < -0.39 is 10.0 Å². The smallest absolute Gasteiger partial charge is 0.236 e. The van der Waals surface area contributed by atoms with E-state index in [2.05, 4.69) is 9.71 Å². The van der Waals surface area contributed by atoms with Crippen molar-refractivity contribution in [2.24, 2.45) is 0 Å². The second-order valence-electron chi connectivity index (χ2n) is 6.16. The molecule has 0 spiro atoms. The molecule has 0 bridgehead atoms. The van der Waals surface area contributed by atoms with Gasteiger partial charge in [0.1, 0.15) is 5.65 Å². The SMILES string of the molecule is O=S(=O)(Cc1cccc(Cl)c1)Nc1cccc(-c2cn3ccccc3n2)c1. The Hall–Kier alpha value is -2.83. The average molecular weight is 398 g/mol. The molecular formula is C20H16ClN3O2S. The number of benzene rings is 2. The van der Waals surface area contributed by atoms with Gasteiger partial charge in [0.05, 0.1) is 11.4 Å². The van der Waals surface area contributed by atoms with Crippen LogP contribution < -0.4 is 4.72 Å². The maximum Gasteiger partial charge on any atom is 0.236 e. The van der Waals surface area contributed by atoms with E-state index in [1.165, 1.54) is 0 Å². The van der Waals surface area contributed by atoms with Crippen molar-refractivity contribution in [1.29, 1.82) is 0 Å².